The maximum Gasteiger partial charge on any atom is 0.0336 e. The summed E-state index contributed by atoms with van der Waals surface area (Å²) in [6.45, 7) is 8.12. The third-order valence-corrected chi connectivity index (χ3v) is 5.67. The predicted molar refractivity (Wildman–Crippen MR) is 82.3 cm³/mol. The van der Waals surface area contributed by atoms with Crippen LogP contribution in [0.3, 0.4) is 0 Å². The molecule has 2 fully saturated rings. The van der Waals surface area contributed by atoms with E-state index in [1.165, 1.54) is 51.6 Å². The molecular formula is C16H33N3. The Kier molecular flexibility index (Phi) is 4.59. The lowest BCUT2D eigenvalue weighted by molar-refractivity contribution is -0.0153. The molecular weight excluding hydrogens is 234 g/mol. The molecule has 0 amide bonds. The largest absolute Gasteiger partial charge is 0.329 e. The third kappa shape index (κ3) is 3.32. The smallest absolute Gasteiger partial charge is 0.0336 e. The van der Waals surface area contributed by atoms with Gasteiger partial charge in [-0.05, 0) is 64.7 Å². The molecule has 2 rings (SSSR count). The number of nitrogens with two attached hydrogens (primary N) is 1. The summed E-state index contributed by atoms with van der Waals surface area (Å²) in [5.41, 5.74) is 6.95. The van der Waals surface area contributed by atoms with E-state index in [1.807, 2.05) is 0 Å². The fourth-order valence-electron chi connectivity index (χ4n) is 4.35. The van der Waals surface area contributed by atoms with Crippen molar-refractivity contribution in [2.45, 2.75) is 64.0 Å². The number of likely N-dealkylation sites (N-methyl/N-ethyl adjacent to an activating group) is 1. The zero-order valence-electron chi connectivity index (χ0n) is 13.4. The van der Waals surface area contributed by atoms with Gasteiger partial charge in [0.1, 0.15) is 0 Å². The molecule has 0 aromatic carbocycles. The first-order valence-electron chi connectivity index (χ1n) is 8.00. The summed E-state index contributed by atoms with van der Waals surface area (Å²) in [4.78, 5) is 5.12. The fourth-order valence-corrected chi connectivity index (χ4v) is 4.35. The molecule has 1 saturated heterocycles. The van der Waals surface area contributed by atoms with Crippen LogP contribution in [0.2, 0.25) is 0 Å². The Morgan fingerprint density at radius 1 is 1.21 bits per heavy atom. The molecule has 2 aliphatic rings. The highest BCUT2D eigenvalue weighted by molar-refractivity contribution is 5.00. The Balaban J connectivity index is 2.07. The van der Waals surface area contributed by atoms with E-state index in [1.54, 1.807) is 0 Å². The van der Waals surface area contributed by atoms with E-state index in [0.29, 0.717) is 5.41 Å². The Morgan fingerprint density at radius 3 is 2.37 bits per heavy atom. The van der Waals surface area contributed by atoms with Crippen LogP contribution in [-0.2, 0) is 0 Å². The highest BCUT2D eigenvalue weighted by Crippen LogP contribution is 2.44. The fraction of sp³-hybridized carbons (Fsp3) is 1.00. The lowest BCUT2D eigenvalue weighted by Gasteiger charge is -2.53. The van der Waals surface area contributed by atoms with Gasteiger partial charge in [0, 0.05) is 18.1 Å². The number of rotatable bonds is 3. The first-order chi connectivity index (χ1) is 8.88. The van der Waals surface area contributed by atoms with Gasteiger partial charge in [-0.1, -0.05) is 20.3 Å². The van der Waals surface area contributed by atoms with Crippen LogP contribution in [-0.4, -0.2) is 55.1 Å². The summed E-state index contributed by atoms with van der Waals surface area (Å²) in [6, 6.07) is 0.730. The van der Waals surface area contributed by atoms with Gasteiger partial charge in [-0.2, -0.15) is 0 Å². The van der Waals surface area contributed by atoms with Crippen molar-refractivity contribution in [3.63, 3.8) is 0 Å². The molecule has 1 aliphatic carbocycles. The van der Waals surface area contributed by atoms with E-state index in [2.05, 4.69) is 37.7 Å². The molecule has 3 heteroatoms. The quantitative estimate of drug-likeness (QED) is 0.852. The summed E-state index contributed by atoms with van der Waals surface area (Å²) in [7, 11) is 4.57. The summed E-state index contributed by atoms with van der Waals surface area (Å²) in [5, 5.41) is 0. The normalized spacial score (nSPS) is 33.8. The number of likely N-dealkylation sites (tertiary alicyclic amines) is 1. The number of piperidine rings is 1. The maximum absolute atomic E-state index is 6.24. The number of hydrogen-bond acceptors (Lipinski definition) is 3. The highest BCUT2D eigenvalue weighted by Gasteiger charge is 2.44. The molecule has 0 aromatic rings. The molecule has 19 heavy (non-hydrogen) atoms. The molecule has 1 aliphatic heterocycles. The van der Waals surface area contributed by atoms with E-state index >= 15 is 0 Å². The van der Waals surface area contributed by atoms with Gasteiger partial charge >= 0.3 is 0 Å². The molecule has 112 valence electrons. The standard InChI is InChI=1S/C16H33N3/c1-15(2)8-5-9-16(12-15,13-17)19(4)14-6-10-18(3)11-7-14/h14H,5-13,17H2,1-4H3. The van der Waals surface area contributed by atoms with Crippen molar-refractivity contribution in [1.82, 2.24) is 9.80 Å². The van der Waals surface area contributed by atoms with Crippen LogP contribution in [0.4, 0.5) is 0 Å². The van der Waals surface area contributed by atoms with Crippen molar-refractivity contribution in [3.05, 3.63) is 0 Å². The first-order valence-corrected chi connectivity index (χ1v) is 8.00. The van der Waals surface area contributed by atoms with E-state index in [9.17, 15) is 0 Å². The molecule has 0 spiro atoms. The van der Waals surface area contributed by atoms with Crippen LogP contribution in [0.25, 0.3) is 0 Å². The van der Waals surface area contributed by atoms with Crippen molar-refractivity contribution < 1.29 is 0 Å². The second kappa shape index (κ2) is 5.71. The second-order valence-corrected chi connectivity index (χ2v) is 7.77. The van der Waals surface area contributed by atoms with Crippen molar-refractivity contribution in [3.8, 4) is 0 Å². The summed E-state index contributed by atoms with van der Waals surface area (Å²) < 4.78 is 0. The summed E-state index contributed by atoms with van der Waals surface area (Å²) in [5.74, 6) is 0. The average Bonchev–Trinajstić information content (AvgIpc) is 2.37. The van der Waals surface area contributed by atoms with Crippen LogP contribution >= 0.6 is 0 Å². The first kappa shape index (κ1) is 15.3. The van der Waals surface area contributed by atoms with Crippen LogP contribution in [0.5, 0.6) is 0 Å². The predicted octanol–water partition coefficient (Wildman–Crippen LogP) is 2.31. The molecule has 0 aromatic heterocycles. The van der Waals surface area contributed by atoms with Gasteiger partial charge in [0.15, 0.2) is 0 Å². The molecule has 2 N–H and O–H groups in total. The SMILES string of the molecule is CN1CCC(N(C)C2(CN)CCCC(C)(C)C2)CC1. The van der Waals surface area contributed by atoms with E-state index in [0.717, 1.165) is 12.6 Å². The second-order valence-electron chi connectivity index (χ2n) is 7.77. The molecule has 3 nitrogen and oxygen atoms in total. The van der Waals surface area contributed by atoms with E-state index in [-0.39, 0.29) is 5.54 Å². The van der Waals surface area contributed by atoms with Crippen molar-refractivity contribution in [2.75, 3.05) is 33.7 Å². The molecule has 1 unspecified atom stereocenters. The lowest BCUT2D eigenvalue weighted by atomic mass is 9.67. The number of nitrogens with zero attached hydrogens (tertiary/aromatic N) is 2. The van der Waals surface area contributed by atoms with Crippen molar-refractivity contribution in [2.24, 2.45) is 11.1 Å². The average molecular weight is 267 g/mol. The minimum Gasteiger partial charge on any atom is -0.329 e. The lowest BCUT2D eigenvalue weighted by Crippen LogP contribution is -2.60. The van der Waals surface area contributed by atoms with Crippen LogP contribution < -0.4 is 5.73 Å². The monoisotopic (exact) mass is 267 g/mol. The zero-order valence-corrected chi connectivity index (χ0v) is 13.4. The zero-order chi connectivity index (χ0) is 14.1. The summed E-state index contributed by atoms with van der Waals surface area (Å²) in [6.07, 6.45) is 7.84. The van der Waals surface area contributed by atoms with E-state index < -0.39 is 0 Å². The van der Waals surface area contributed by atoms with Gasteiger partial charge in [0.2, 0.25) is 0 Å². The molecule has 1 atom stereocenters. The van der Waals surface area contributed by atoms with Crippen LogP contribution in [0.1, 0.15) is 52.4 Å². The van der Waals surface area contributed by atoms with Gasteiger partial charge in [-0.25, -0.2) is 0 Å². The summed E-state index contributed by atoms with van der Waals surface area (Å²) >= 11 is 0. The van der Waals surface area contributed by atoms with Crippen LogP contribution in [0, 0.1) is 5.41 Å². The van der Waals surface area contributed by atoms with Gasteiger partial charge in [0.25, 0.3) is 0 Å². The topological polar surface area (TPSA) is 32.5 Å². The van der Waals surface area contributed by atoms with Crippen molar-refractivity contribution >= 4 is 0 Å². The Morgan fingerprint density at radius 2 is 1.84 bits per heavy atom. The van der Waals surface area contributed by atoms with Crippen LogP contribution in [0.15, 0.2) is 0 Å². The number of hydrogen-bond donors (Lipinski definition) is 1. The van der Waals surface area contributed by atoms with Gasteiger partial charge < -0.3 is 10.6 Å². The third-order valence-electron chi connectivity index (χ3n) is 5.67. The molecule has 0 bridgehead atoms. The minimum atomic E-state index is 0.252. The highest BCUT2D eigenvalue weighted by atomic mass is 15.2. The Labute approximate surface area is 119 Å². The molecule has 1 heterocycles. The van der Waals surface area contributed by atoms with Gasteiger partial charge in [0.05, 0.1) is 0 Å². The van der Waals surface area contributed by atoms with Gasteiger partial charge in [-0.3, -0.25) is 4.90 Å². The van der Waals surface area contributed by atoms with Gasteiger partial charge in [-0.15, -0.1) is 0 Å². The maximum atomic E-state index is 6.24. The minimum absolute atomic E-state index is 0.252. The van der Waals surface area contributed by atoms with E-state index in [4.69, 9.17) is 5.73 Å². The Bertz CT molecular complexity index is 294. The molecule has 0 radical (unpaired) electrons. The Hall–Kier alpha value is -0.120. The van der Waals surface area contributed by atoms with Crippen molar-refractivity contribution in [1.29, 1.82) is 0 Å². The molecule has 1 saturated carbocycles.